The molecule has 1 saturated heterocycles. The van der Waals surface area contributed by atoms with Gasteiger partial charge in [-0.3, -0.25) is 0 Å². The molecule has 0 atom stereocenters. The largest absolute Gasteiger partial charge is 0.353 e. The van der Waals surface area contributed by atoms with Crippen LogP contribution in [0.2, 0.25) is 5.28 Å². The summed E-state index contributed by atoms with van der Waals surface area (Å²) in [5, 5.41) is 0.104. The number of anilines is 1. The summed E-state index contributed by atoms with van der Waals surface area (Å²) in [4.78, 5) is 9.62. The van der Waals surface area contributed by atoms with E-state index in [1.54, 1.807) is 0 Å². The summed E-state index contributed by atoms with van der Waals surface area (Å²) in [5.74, 6) is -0.0498. The van der Waals surface area contributed by atoms with Crippen LogP contribution in [-0.2, 0) is 0 Å². The third-order valence-corrected chi connectivity index (χ3v) is 4.12. The van der Waals surface area contributed by atoms with E-state index in [2.05, 4.69) is 23.8 Å². The van der Waals surface area contributed by atoms with Crippen molar-refractivity contribution < 1.29 is 4.39 Å². The van der Waals surface area contributed by atoms with Crippen LogP contribution in [0.3, 0.4) is 0 Å². The second-order valence-corrected chi connectivity index (χ2v) is 5.03. The summed E-state index contributed by atoms with van der Waals surface area (Å²) in [5.41, 5.74) is 0.296. The van der Waals surface area contributed by atoms with Crippen LogP contribution in [0.5, 0.6) is 0 Å². The van der Waals surface area contributed by atoms with Crippen LogP contribution in [0.15, 0.2) is 6.20 Å². The summed E-state index contributed by atoms with van der Waals surface area (Å²) in [6.45, 7) is 6.07. The SMILES string of the molecule is CCC1(CC)CCN(c2nc(Cl)ncc2F)C1. The van der Waals surface area contributed by atoms with Crippen molar-refractivity contribution in [1.82, 2.24) is 9.97 Å². The van der Waals surface area contributed by atoms with Gasteiger partial charge >= 0.3 is 0 Å². The molecule has 94 valence electrons. The zero-order valence-electron chi connectivity index (χ0n) is 10.2. The van der Waals surface area contributed by atoms with Gasteiger partial charge in [-0.2, -0.15) is 4.98 Å². The maximum absolute atomic E-state index is 13.7. The van der Waals surface area contributed by atoms with Gasteiger partial charge in [-0.05, 0) is 36.3 Å². The van der Waals surface area contributed by atoms with E-state index in [9.17, 15) is 4.39 Å². The summed E-state index contributed by atoms with van der Waals surface area (Å²) >= 11 is 5.72. The molecule has 0 saturated carbocycles. The van der Waals surface area contributed by atoms with Crippen molar-refractivity contribution >= 4 is 17.4 Å². The lowest BCUT2D eigenvalue weighted by Gasteiger charge is -2.26. The fraction of sp³-hybridized carbons (Fsp3) is 0.667. The van der Waals surface area contributed by atoms with Gasteiger partial charge in [0, 0.05) is 13.1 Å². The molecule has 0 amide bonds. The van der Waals surface area contributed by atoms with E-state index in [0.29, 0.717) is 11.2 Å². The molecule has 1 aromatic rings. The molecular formula is C12H17ClFN3. The first-order valence-corrected chi connectivity index (χ1v) is 6.41. The van der Waals surface area contributed by atoms with E-state index in [0.717, 1.165) is 38.5 Å². The zero-order valence-corrected chi connectivity index (χ0v) is 11.0. The lowest BCUT2D eigenvalue weighted by Crippen LogP contribution is -2.27. The highest BCUT2D eigenvalue weighted by Crippen LogP contribution is 2.39. The minimum absolute atomic E-state index is 0.104. The average Bonchev–Trinajstić information content (AvgIpc) is 2.77. The Morgan fingerprint density at radius 2 is 2.18 bits per heavy atom. The van der Waals surface area contributed by atoms with Gasteiger partial charge in [0.25, 0.3) is 0 Å². The Labute approximate surface area is 106 Å². The molecule has 0 bridgehead atoms. The normalized spacial score (nSPS) is 18.7. The molecule has 0 aliphatic carbocycles. The van der Waals surface area contributed by atoms with E-state index < -0.39 is 5.82 Å². The average molecular weight is 258 g/mol. The minimum atomic E-state index is -0.391. The third kappa shape index (κ3) is 2.37. The van der Waals surface area contributed by atoms with Gasteiger partial charge in [-0.15, -0.1) is 0 Å². The van der Waals surface area contributed by atoms with E-state index in [-0.39, 0.29) is 5.28 Å². The van der Waals surface area contributed by atoms with Crippen LogP contribution in [0, 0.1) is 11.2 Å². The van der Waals surface area contributed by atoms with Crippen LogP contribution in [0.1, 0.15) is 33.1 Å². The van der Waals surface area contributed by atoms with Crippen molar-refractivity contribution in [3.63, 3.8) is 0 Å². The Hall–Kier alpha value is -0.900. The Bertz CT molecular complexity index is 407. The molecule has 0 unspecified atom stereocenters. The summed E-state index contributed by atoms with van der Waals surface area (Å²) in [6, 6.07) is 0. The number of hydrogen-bond donors (Lipinski definition) is 0. The van der Waals surface area contributed by atoms with Crippen LogP contribution in [-0.4, -0.2) is 23.1 Å². The fourth-order valence-corrected chi connectivity index (χ4v) is 2.63. The predicted octanol–water partition coefficient (Wildman–Crippen LogP) is 3.29. The van der Waals surface area contributed by atoms with Gasteiger partial charge in [0.15, 0.2) is 11.6 Å². The lowest BCUT2D eigenvalue weighted by atomic mass is 9.82. The Kier molecular flexibility index (Phi) is 3.52. The first kappa shape index (κ1) is 12.6. The zero-order chi connectivity index (χ0) is 12.5. The predicted molar refractivity (Wildman–Crippen MR) is 66.8 cm³/mol. The molecule has 0 aromatic carbocycles. The molecule has 1 aliphatic rings. The van der Waals surface area contributed by atoms with Gasteiger partial charge < -0.3 is 4.90 Å². The number of rotatable bonds is 3. The summed E-state index contributed by atoms with van der Waals surface area (Å²) < 4.78 is 13.7. The Morgan fingerprint density at radius 3 is 2.76 bits per heavy atom. The van der Waals surface area contributed by atoms with Gasteiger partial charge in [0.1, 0.15) is 0 Å². The second kappa shape index (κ2) is 4.77. The highest BCUT2D eigenvalue weighted by atomic mass is 35.5. The summed E-state index contributed by atoms with van der Waals surface area (Å²) in [6.07, 6.45) is 4.45. The van der Waals surface area contributed by atoms with Crippen molar-refractivity contribution in [1.29, 1.82) is 0 Å². The molecule has 3 nitrogen and oxygen atoms in total. The van der Waals surface area contributed by atoms with Crippen molar-refractivity contribution in [2.45, 2.75) is 33.1 Å². The first-order valence-electron chi connectivity index (χ1n) is 6.03. The van der Waals surface area contributed by atoms with E-state index in [4.69, 9.17) is 11.6 Å². The summed E-state index contributed by atoms with van der Waals surface area (Å²) in [7, 11) is 0. The van der Waals surface area contributed by atoms with Crippen LogP contribution in [0.4, 0.5) is 10.2 Å². The van der Waals surface area contributed by atoms with Gasteiger partial charge in [0.05, 0.1) is 6.20 Å². The van der Waals surface area contributed by atoms with Crippen molar-refractivity contribution in [3.05, 3.63) is 17.3 Å². The van der Waals surface area contributed by atoms with Crippen molar-refractivity contribution in [2.24, 2.45) is 5.41 Å². The maximum Gasteiger partial charge on any atom is 0.224 e. The highest BCUT2D eigenvalue weighted by molar-refractivity contribution is 6.28. The topological polar surface area (TPSA) is 29.0 Å². The lowest BCUT2D eigenvalue weighted by molar-refractivity contribution is 0.301. The quantitative estimate of drug-likeness (QED) is 0.778. The molecule has 1 aromatic heterocycles. The van der Waals surface area contributed by atoms with E-state index in [1.165, 1.54) is 0 Å². The van der Waals surface area contributed by atoms with Gasteiger partial charge in [0.2, 0.25) is 5.28 Å². The van der Waals surface area contributed by atoms with E-state index >= 15 is 0 Å². The third-order valence-electron chi connectivity index (χ3n) is 3.93. The molecule has 1 fully saturated rings. The molecule has 0 spiro atoms. The molecule has 1 aliphatic heterocycles. The number of aromatic nitrogens is 2. The standard InChI is InChI=1S/C12H17ClFN3/c1-3-12(4-2)5-6-17(8-12)10-9(14)7-15-11(13)16-10/h7H,3-6,8H2,1-2H3. The fourth-order valence-electron chi connectivity index (χ4n) is 2.50. The maximum atomic E-state index is 13.7. The Morgan fingerprint density at radius 1 is 1.47 bits per heavy atom. The van der Waals surface area contributed by atoms with Gasteiger partial charge in [-0.25, -0.2) is 9.37 Å². The molecule has 0 N–H and O–H groups in total. The van der Waals surface area contributed by atoms with Crippen molar-refractivity contribution in [3.8, 4) is 0 Å². The molecular weight excluding hydrogens is 241 g/mol. The van der Waals surface area contributed by atoms with Crippen molar-refractivity contribution in [2.75, 3.05) is 18.0 Å². The smallest absolute Gasteiger partial charge is 0.224 e. The molecule has 2 rings (SSSR count). The molecule has 0 radical (unpaired) electrons. The Balaban J connectivity index is 2.23. The van der Waals surface area contributed by atoms with E-state index in [1.807, 2.05) is 4.90 Å². The van der Waals surface area contributed by atoms with Crippen LogP contribution in [0.25, 0.3) is 0 Å². The van der Waals surface area contributed by atoms with Gasteiger partial charge in [-0.1, -0.05) is 13.8 Å². The minimum Gasteiger partial charge on any atom is -0.353 e. The molecule has 17 heavy (non-hydrogen) atoms. The van der Waals surface area contributed by atoms with Crippen LogP contribution >= 0.6 is 11.6 Å². The first-order chi connectivity index (χ1) is 8.10. The monoisotopic (exact) mass is 257 g/mol. The molecule has 5 heteroatoms. The highest BCUT2D eigenvalue weighted by Gasteiger charge is 2.36. The van der Waals surface area contributed by atoms with Crippen LogP contribution < -0.4 is 4.90 Å². The molecule has 2 heterocycles. The number of nitrogens with zero attached hydrogens (tertiary/aromatic N) is 3. The number of hydrogen-bond acceptors (Lipinski definition) is 3. The number of halogens is 2. The second-order valence-electron chi connectivity index (χ2n) is 4.69.